The summed E-state index contributed by atoms with van der Waals surface area (Å²) < 4.78 is 1.76. The van der Waals surface area contributed by atoms with Crippen LogP contribution in [0.2, 0.25) is 0 Å². The number of carbonyl (C=O) groups is 1. The van der Waals surface area contributed by atoms with Crippen molar-refractivity contribution < 1.29 is 9.90 Å². The molecule has 16 heavy (non-hydrogen) atoms. The third kappa shape index (κ3) is 2.05. The molecule has 4 heteroatoms. The van der Waals surface area contributed by atoms with Crippen LogP contribution in [0.5, 0.6) is 0 Å². The van der Waals surface area contributed by atoms with E-state index in [0.29, 0.717) is 6.42 Å². The normalized spacial score (nSPS) is 12.9. The van der Waals surface area contributed by atoms with Crippen LogP contribution in [0.4, 0.5) is 0 Å². The largest absolute Gasteiger partial charge is 0.481 e. The summed E-state index contributed by atoms with van der Waals surface area (Å²) >= 11 is 0. The second-order valence-electron chi connectivity index (χ2n) is 4.14. The molecule has 0 amide bonds. The first-order valence-corrected chi connectivity index (χ1v) is 5.21. The van der Waals surface area contributed by atoms with Gasteiger partial charge in [-0.05, 0) is 24.1 Å². The fraction of sp³-hybridized carbons (Fsp3) is 0.333. The number of aromatic nitrogens is 2. The molecule has 0 saturated heterocycles. The zero-order valence-electron chi connectivity index (χ0n) is 9.34. The quantitative estimate of drug-likeness (QED) is 0.855. The Morgan fingerprint density at radius 3 is 3.00 bits per heavy atom. The van der Waals surface area contributed by atoms with Crippen molar-refractivity contribution in [1.29, 1.82) is 0 Å². The summed E-state index contributed by atoms with van der Waals surface area (Å²) in [7, 11) is 1.87. The van der Waals surface area contributed by atoms with Crippen molar-refractivity contribution in [3.63, 3.8) is 0 Å². The zero-order chi connectivity index (χ0) is 11.7. The van der Waals surface area contributed by atoms with E-state index in [0.717, 1.165) is 16.5 Å². The van der Waals surface area contributed by atoms with Crippen molar-refractivity contribution >= 4 is 16.9 Å². The fourth-order valence-electron chi connectivity index (χ4n) is 1.77. The Hall–Kier alpha value is -1.84. The summed E-state index contributed by atoms with van der Waals surface area (Å²) in [6.45, 7) is 1.72. The summed E-state index contributed by atoms with van der Waals surface area (Å²) in [5.74, 6) is -1.11. The Morgan fingerprint density at radius 2 is 2.31 bits per heavy atom. The lowest BCUT2D eigenvalue weighted by atomic mass is 10.0. The van der Waals surface area contributed by atoms with Crippen LogP contribution in [0.1, 0.15) is 12.5 Å². The predicted octanol–water partition coefficient (Wildman–Crippen LogP) is 1.84. The van der Waals surface area contributed by atoms with Crippen LogP contribution in [-0.2, 0) is 18.3 Å². The van der Waals surface area contributed by atoms with Gasteiger partial charge in [-0.1, -0.05) is 13.0 Å². The van der Waals surface area contributed by atoms with E-state index in [-0.39, 0.29) is 5.92 Å². The Labute approximate surface area is 93.5 Å². The number of carboxylic acids is 1. The molecular weight excluding hydrogens is 204 g/mol. The van der Waals surface area contributed by atoms with E-state index in [4.69, 9.17) is 5.11 Å². The second kappa shape index (κ2) is 3.96. The van der Waals surface area contributed by atoms with Crippen LogP contribution >= 0.6 is 0 Å². The SMILES string of the molecule is CC(Cc1ccc2nn(C)cc2c1)C(=O)O. The van der Waals surface area contributed by atoms with E-state index in [2.05, 4.69) is 5.10 Å². The van der Waals surface area contributed by atoms with E-state index in [1.807, 2.05) is 31.4 Å². The van der Waals surface area contributed by atoms with Gasteiger partial charge in [0, 0.05) is 18.6 Å². The summed E-state index contributed by atoms with van der Waals surface area (Å²) in [5, 5.41) is 14.2. The molecule has 0 spiro atoms. The standard InChI is InChI=1S/C12H14N2O2/c1-8(12(15)16)5-9-3-4-11-10(6-9)7-14(2)13-11/h3-4,6-8H,5H2,1-2H3,(H,15,16). The highest BCUT2D eigenvalue weighted by Gasteiger charge is 2.12. The van der Waals surface area contributed by atoms with Gasteiger partial charge >= 0.3 is 5.97 Å². The van der Waals surface area contributed by atoms with Gasteiger partial charge in [0.25, 0.3) is 0 Å². The molecule has 0 radical (unpaired) electrons. The average molecular weight is 218 g/mol. The molecule has 1 aromatic heterocycles. The minimum atomic E-state index is -0.758. The molecule has 1 heterocycles. The first-order chi connectivity index (χ1) is 7.56. The van der Waals surface area contributed by atoms with Gasteiger partial charge in [0.05, 0.1) is 11.4 Å². The number of benzene rings is 1. The zero-order valence-corrected chi connectivity index (χ0v) is 9.34. The summed E-state index contributed by atoms with van der Waals surface area (Å²) in [4.78, 5) is 10.8. The Kier molecular flexibility index (Phi) is 2.64. The summed E-state index contributed by atoms with van der Waals surface area (Å²) in [6, 6.07) is 5.87. The molecule has 0 aliphatic rings. The monoisotopic (exact) mass is 218 g/mol. The maximum atomic E-state index is 10.8. The number of aliphatic carboxylic acids is 1. The van der Waals surface area contributed by atoms with E-state index in [1.165, 1.54) is 0 Å². The lowest BCUT2D eigenvalue weighted by Crippen LogP contribution is -2.12. The van der Waals surface area contributed by atoms with Crippen molar-refractivity contribution in [3.05, 3.63) is 30.0 Å². The molecule has 4 nitrogen and oxygen atoms in total. The van der Waals surface area contributed by atoms with E-state index < -0.39 is 5.97 Å². The molecule has 0 aliphatic heterocycles. The number of nitrogens with zero attached hydrogens (tertiary/aromatic N) is 2. The van der Waals surface area contributed by atoms with Gasteiger partial charge in [-0.3, -0.25) is 9.48 Å². The van der Waals surface area contributed by atoms with Crippen LogP contribution in [0.15, 0.2) is 24.4 Å². The van der Waals surface area contributed by atoms with Gasteiger partial charge in [0.15, 0.2) is 0 Å². The number of fused-ring (bicyclic) bond motifs is 1. The fourth-order valence-corrected chi connectivity index (χ4v) is 1.77. The van der Waals surface area contributed by atoms with Crippen LogP contribution in [0.3, 0.4) is 0 Å². The maximum Gasteiger partial charge on any atom is 0.306 e. The molecule has 1 atom stereocenters. The van der Waals surface area contributed by atoms with Gasteiger partial charge in [-0.2, -0.15) is 5.10 Å². The minimum Gasteiger partial charge on any atom is -0.481 e. The molecule has 0 aliphatic carbocycles. The highest BCUT2D eigenvalue weighted by Crippen LogP contribution is 2.16. The Balaban J connectivity index is 2.28. The molecule has 0 saturated carbocycles. The van der Waals surface area contributed by atoms with Crippen molar-refractivity contribution in [2.45, 2.75) is 13.3 Å². The Morgan fingerprint density at radius 1 is 1.56 bits per heavy atom. The van der Waals surface area contributed by atoms with Crippen LogP contribution in [0.25, 0.3) is 10.9 Å². The predicted molar refractivity (Wildman–Crippen MR) is 61.2 cm³/mol. The lowest BCUT2D eigenvalue weighted by molar-refractivity contribution is -0.141. The number of carboxylic acid groups (broad SMARTS) is 1. The van der Waals surface area contributed by atoms with Crippen LogP contribution < -0.4 is 0 Å². The average Bonchev–Trinajstić information content (AvgIpc) is 2.57. The molecule has 84 valence electrons. The first kappa shape index (κ1) is 10.7. The lowest BCUT2D eigenvalue weighted by Gasteiger charge is -2.05. The van der Waals surface area contributed by atoms with Crippen LogP contribution in [0, 0.1) is 5.92 Å². The van der Waals surface area contributed by atoms with Gasteiger partial charge < -0.3 is 5.11 Å². The molecule has 1 N–H and O–H groups in total. The summed E-state index contributed by atoms with van der Waals surface area (Å²) in [6.07, 6.45) is 2.49. The molecule has 2 aromatic rings. The van der Waals surface area contributed by atoms with Crippen LogP contribution in [-0.4, -0.2) is 20.9 Å². The number of hydrogen-bond donors (Lipinski definition) is 1. The topological polar surface area (TPSA) is 55.1 Å². The number of aryl methyl sites for hydroxylation is 1. The minimum absolute atomic E-state index is 0.353. The van der Waals surface area contributed by atoms with E-state index >= 15 is 0 Å². The van der Waals surface area contributed by atoms with Crippen molar-refractivity contribution in [1.82, 2.24) is 9.78 Å². The van der Waals surface area contributed by atoms with Crippen molar-refractivity contribution in [2.75, 3.05) is 0 Å². The molecule has 1 aromatic carbocycles. The van der Waals surface area contributed by atoms with Crippen molar-refractivity contribution in [2.24, 2.45) is 13.0 Å². The molecule has 1 unspecified atom stereocenters. The van der Waals surface area contributed by atoms with Gasteiger partial charge in [0.1, 0.15) is 0 Å². The molecule has 0 fully saturated rings. The van der Waals surface area contributed by atoms with E-state index in [9.17, 15) is 4.79 Å². The highest BCUT2D eigenvalue weighted by atomic mass is 16.4. The number of rotatable bonds is 3. The Bertz CT molecular complexity index is 531. The van der Waals surface area contributed by atoms with Crippen molar-refractivity contribution in [3.8, 4) is 0 Å². The smallest absolute Gasteiger partial charge is 0.306 e. The second-order valence-corrected chi connectivity index (χ2v) is 4.14. The molecule has 0 bridgehead atoms. The maximum absolute atomic E-state index is 10.8. The van der Waals surface area contributed by atoms with Gasteiger partial charge in [-0.15, -0.1) is 0 Å². The third-order valence-corrected chi connectivity index (χ3v) is 2.65. The summed E-state index contributed by atoms with van der Waals surface area (Å²) in [5.41, 5.74) is 1.98. The first-order valence-electron chi connectivity index (χ1n) is 5.21. The van der Waals surface area contributed by atoms with Gasteiger partial charge in [-0.25, -0.2) is 0 Å². The van der Waals surface area contributed by atoms with Gasteiger partial charge in [0.2, 0.25) is 0 Å². The van der Waals surface area contributed by atoms with E-state index in [1.54, 1.807) is 11.6 Å². The highest BCUT2D eigenvalue weighted by molar-refractivity contribution is 5.79. The molecule has 2 rings (SSSR count). The molecular formula is C12H14N2O2. The third-order valence-electron chi connectivity index (χ3n) is 2.65. The number of hydrogen-bond acceptors (Lipinski definition) is 2.